The molecule has 1 aromatic heterocycles. The second-order valence-electron chi connectivity index (χ2n) is 15.4. The molecule has 1 N–H and O–H groups in total. The van der Waals surface area contributed by atoms with E-state index in [1.54, 1.807) is 0 Å². The quantitative estimate of drug-likeness (QED) is 0.187. The molecular formula is C54H41N3. The van der Waals surface area contributed by atoms with Gasteiger partial charge in [0, 0.05) is 33.0 Å². The van der Waals surface area contributed by atoms with Crippen molar-refractivity contribution in [2.24, 2.45) is 9.98 Å². The van der Waals surface area contributed by atoms with Crippen molar-refractivity contribution < 1.29 is 0 Å². The molecule has 4 aromatic carbocycles. The van der Waals surface area contributed by atoms with E-state index >= 15 is 0 Å². The van der Waals surface area contributed by atoms with Gasteiger partial charge in [-0.1, -0.05) is 150 Å². The first-order chi connectivity index (χ1) is 27.9. The highest BCUT2D eigenvalue weighted by Crippen LogP contribution is 2.46. The smallest absolute Gasteiger partial charge is 0.0737 e. The Hall–Kier alpha value is -7.10. The maximum absolute atomic E-state index is 5.56. The van der Waals surface area contributed by atoms with Crippen LogP contribution in [0, 0.1) is 27.7 Å². The molecule has 3 nitrogen and oxygen atoms in total. The molecule has 8 bridgehead atoms. The Bertz CT molecular complexity index is 2830. The zero-order chi connectivity index (χ0) is 38.6. The van der Waals surface area contributed by atoms with Crippen LogP contribution in [-0.2, 0) is 0 Å². The van der Waals surface area contributed by atoms with Gasteiger partial charge in [0.15, 0.2) is 0 Å². The maximum atomic E-state index is 5.56. The molecule has 2 aliphatic carbocycles. The highest BCUT2D eigenvalue weighted by molar-refractivity contribution is 6.31. The van der Waals surface area contributed by atoms with Crippen LogP contribution in [0.2, 0.25) is 0 Å². The van der Waals surface area contributed by atoms with Crippen molar-refractivity contribution in [1.82, 2.24) is 4.98 Å². The van der Waals surface area contributed by atoms with E-state index in [4.69, 9.17) is 9.98 Å². The summed E-state index contributed by atoms with van der Waals surface area (Å²) in [5, 5.41) is 2.00. The lowest BCUT2D eigenvalue weighted by molar-refractivity contribution is 1.25. The van der Waals surface area contributed by atoms with Crippen molar-refractivity contribution >= 4 is 33.7 Å². The van der Waals surface area contributed by atoms with Gasteiger partial charge in [0.2, 0.25) is 0 Å². The van der Waals surface area contributed by atoms with Gasteiger partial charge in [0.1, 0.15) is 0 Å². The van der Waals surface area contributed by atoms with Gasteiger partial charge in [-0.05, 0) is 115 Å². The number of rotatable bonds is 4. The number of hydrogen-bond acceptors (Lipinski definition) is 2. The number of aryl methyl sites for hydroxylation is 4. The van der Waals surface area contributed by atoms with Crippen molar-refractivity contribution in [2.75, 3.05) is 0 Å². The van der Waals surface area contributed by atoms with Crippen LogP contribution in [0.5, 0.6) is 0 Å². The van der Waals surface area contributed by atoms with Gasteiger partial charge < -0.3 is 4.98 Å². The normalized spacial score (nSPS) is 14.9. The Kier molecular flexibility index (Phi) is 8.38. The van der Waals surface area contributed by atoms with E-state index in [9.17, 15) is 0 Å². The summed E-state index contributed by atoms with van der Waals surface area (Å²) in [5.41, 5.74) is 21.9. The molecular weight excluding hydrogens is 691 g/mol. The fourth-order valence-electron chi connectivity index (χ4n) is 8.34. The van der Waals surface area contributed by atoms with E-state index in [2.05, 4.69) is 203 Å². The number of nitrogens with zero attached hydrogens (tertiary/aromatic N) is 2. The molecule has 5 aliphatic rings. The molecule has 10 rings (SSSR count). The molecule has 5 aromatic rings. The molecule has 3 heteroatoms. The van der Waals surface area contributed by atoms with Crippen molar-refractivity contribution in [3.05, 3.63) is 248 Å². The Morgan fingerprint density at radius 2 is 0.684 bits per heavy atom. The van der Waals surface area contributed by atoms with E-state index in [1.807, 2.05) is 0 Å². The molecule has 272 valence electrons. The molecule has 0 unspecified atom stereocenters. The van der Waals surface area contributed by atoms with Crippen LogP contribution < -0.4 is 10.7 Å². The lowest BCUT2D eigenvalue weighted by atomic mass is 9.93. The second kappa shape index (κ2) is 13.9. The predicted octanol–water partition coefficient (Wildman–Crippen LogP) is 11.0. The fourth-order valence-corrected chi connectivity index (χ4v) is 8.34. The number of fused-ring (bicyclic) bond motifs is 9. The van der Waals surface area contributed by atoms with E-state index in [1.165, 1.54) is 33.4 Å². The number of aliphatic imine (C=N–C) groups is 2. The number of H-pyrrole nitrogens is 1. The fraction of sp³-hybridized carbons (Fsp3) is 0.0741. The van der Waals surface area contributed by atoms with Crippen LogP contribution in [0.4, 0.5) is 0 Å². The van der Waals surface area contributed by atoms with Crippen molar-refractivity contribution in [3.63, 3.8) is 0 Å². The SMILES string of the molecule is Cc1ccc(C2=C3C=CC(=N3)C(c3ccc(C)cc3)=c3ccc([nH]3)=C(c3ccc(C)cc3)C3=NC(=C(c4ccc(C)cc4)c4cc2c2cccccc4-2)C=C3)cc1. The zero-order valence-corrected chi connectivity index (χ0v) is 32.6. The van der Waals surface area contributed by atoms with Gasteiger partial charge >= 0.3 is 0 Å². The van der Waals surface area contributed by atoms with Crippen LogP contribution in [0.15, 0.2) is 191 Å². The summed E-state index contributed by atoms with van der Waals surface area (Å²) in [6.45, 7) is 8.54. The van der Waals surface area contributed by atoms with Crippen LogP contribution in [-0.4, -0.2) is 16.4 Å². The molecule has 3 aliphatic heterocycles. The lowest BCUT2D eigenvalue weighted by Gasteiger charge is -2.12. The van der Waals surface area contributed by atoms with Crippen molar-refractivity contribution in [2.45, 2.75) is 27.7 Å². The van der Waals surface area contributed by atoms with Gasteiger partial charge in [-0.2, -0.15) is 0 Å². The molecule has 0 radical (unpaired) electrons. The van der Waals surface area contributed by atoms with E-state index in [0.717, 1.165) is 89.2 Å². The monoisotopic (exact) mass is 731 g/mol. The van der Waals surface area contributed by atoms with E-state index < -0.39 is 0 Å². The standard InChI is InChI=1S/C54H41N3/c1-33-10-18-37(19-11-33)51-43-32-44(42-9-7-5-6-8-41(42)43)52(38-20-12-34(2)13-21-38)46-27-29-48(56-46)54(40-24-16-36(4)17-25-40)50-31-30-49(57-50)53(47-28-26-45(51)55-47)39-22-14-35(3)15-23-39/h5-32,57H,1-4H3. The third kappa shape index (κ3) is 6.18. The van der Waals surface area contributed by atoms with Crippen molar-refractivity contribution in [3.8, 4) is 11.1 Å². The van der Waals surface area contributed by atoms with Gasteiger partial charge in [-0.3, -0.25) is 0 Å². The summed E-state index contributed by atoms with van der Waals surface area (Å²) < 4.78 is 0. The number of benzene rings is 4. The number of allylic oxidation sites excluding steroid dienone is 4. The molecule has 0 atom stereocenters. The Balaban J connectivity index is 1.38. The first-order valence-electron chi connectivity index (χ1n) is 19.6. The summed E-state index contributed by atoms with van der Waals surface area (Å²) in [6.07, 6.45) is 8.76. The van der Waals surface area contributed by atoms with Gasteiger partial charge in [-0.15, -0.1) is 0 Å². The van der Waals surface area contributed by atoms with Crippen LogP contribution in [0.25, 0.3) is 33.4 Å². The second-order valence-corrected chi connectivity index (χ2v) is 15.4. The summed E-state index contributed by atoms with van der Waals surface area (Å²) in [7, 11) is 0. The molecule has 4 heterocycles. The van der Waals surface area contributed by atoms with Crippen LogP contribution >= 0.6 is 0 Å². The minimum absolute atomic E-state index is 0.915. The Morgan fingerprint density at radius 3 is 1.05 bits per heavy atom. The van der Waals surface area contributed by atoms with E-state index in [-0.39, 0.29) is 0 Å². The Morgan fingerprint density at radius 1 is 0.333 bits per heavy atom. The molecule has 0 fully saturated rings. The summed E-state index contributed by atoms with van der Waals surface area (Å²) in [6, 6.07) is 53.0. The zero-order valence-electron chi connectivity index (χ0n) is 32.6. The van der Waals surface area contributed by atoms with E-state index in [0.29, 0.717) is 0 Å². The third-order valence-electron chi connectivity index (χ3n) is 11.3. The minimum atomic E-state index is 0.915. The van der Waals surface area contributed by atoms with Crippen LogP contribution in [0.3, 0.4) is 0 Å². The number of aromatic amines is 1. The van der Waals surface area contributed by atoms with Gasteiger partial charge in [-0.25, -0.2) is 9.98 Å². The maximum Gasteiger partial charge on any atom is 0.0737 e. The highest BCUT2D eigenvalue weighted by Gasteiger charge is 2.28. The summed E-state index contributed by atoms with van der Waals surface area (Å²) in [4.78, 5) is 15.0. The first-order valence-corrected chi connectivity index (χ1v) is 19.6. The first kappa shape index (κ1) is 34.4. The lowest BCUT2D eigenvalue weighted by Crippen LogP contribution is -2.21. The van der Waals surface area contributed by atoms with Gasteiger partial charge in [0.25, 0.3) is 0 Å². The van der Waals surface area contributed by atoms with Crippen LogP contribution in [0.1, 0.15) is 55.6 Å². The molecule has 0 saturated heterocycles. The molecule has 0 amide bonds. The number of nitrogens with one attached hydrogen (secondary N) is 1. The number of aromatic nitrogens is 1. The molecule has 0 spiro atoms. The Labute approximate surface area is 333 Å². The average molecular weight is 732 g/mol. The van der Waals surface area contributed by atoms with Crippen molar-refractivity contribution in [1.29, 1.82) is 0 Å². The molecule has 0 saturated carbocycles. The highest BCUT2D eigenvalue weighted by atomic mass is 14.8. The minimum Gasteiger partial charge on any atom is -0.354 e. The van der Waals surface area contributed by atoms with Gasteiger partial charge in [0.05, 0.1) is 22.8 Å². The number of hydrogen-bond donors (Lipinski definition) is 1. The predicted molar refractivity (Wildman–Crippen MR) is 238 cm³/mol. The third-order valence-corrected chi connectivity index (χ3v) is 11.3. The average Bonchev–Trinajstić information content (AvgIpc) is 4.03. The largest absolute Gasteiger partial charge is 0.354 e. The summed E-state index contributed by atoms with van der Waals surface area (Å²) in [5.74, 6) is 0. The summed E-state index contributed by atoms with van der Waals surface area (Å²) >= 11 is 0. The molecule has 57 heavy (non-hydrogen) atoms. The topological polar surface area (TPSA) is 40.5 Å².